The van der Waals surface area contributed by atoms with Crippen molar-refractivity contribution in [2.45, 2.75) is 25.1 Å². The Labute approximate surface area is 113 Å². The molecule has 0 bridgehead atoms. The molecule has 5 radical (unpaired) electrons. The van der Waals surface area contributed by atoms with Crippen molar-refractivity contribution in [3.05, 3.63) is 6.20 Å². The molecule has 2 rings (SSSR count). The van der Waals surface area contributed by atoms with E-state index in [0.29, 0.717) is 11.4 Å². The van der Waals surface area contributed by atoms with Gasteiger partial charge in [-0.1, -0.05) is 6.92 Å². The summed E-state index contributed by atoms with van der Waals surface area (Å²) < 4.78 is 5.30. The summed E-state index contributed by atoms with van der Waals surface area (Å²) in [5.74, 6) is 0.222. The second kappa shape index (κ2) is 8.31. The largest absolute Gasteiger partial charge is 0.422 e. The van der Waals surface area contributed by atoms with Crippen LogP contribution in [0, 0.1) is 0 Å². The summed E-state index contributed by atoms with van der Waals surface area (Å²) in [6, 6.07) is 1.28. The minimum Gasteiger partial charge on any atom is -0.422 e. The molecule has 0 aliphatic carbocycles. The molecule has 1 unspecified atom stereocenters. The van der Waals surface area contributed by atoms with Gasteiger partial charge in [0.15, 0.2) is 5.82 Å². The van der Waals surface area contributed by atoms with Gasteiger partial charge in [-0.05, 0) is 23.3 Å². The zero-order chi connectivity index (χ0) is 13.4. The molecule has 0 saturated carbocycles. The number of aromatic nitrogens is 3. The van der Waals surface area contributed by atoms with Crippen LogP contribution in [-0.4, -0.2) is 53.8 Å². The van der Waals surface area contributed by atoms with Gasteiger partial charge in [0.1, 0.15) is 0 Å². The van der Waals surface area contributed by atoms with Crippen molar-refractivity contribution in [3.8, 4) is 0 Å². The van der Waals surface area contributed by atoms with Crippen LogP contribution in [0.2, 0.25) is 6.04 Å². The van der Waals surface area contributed by atoms with Crippen molar-refractivity contribution in [2.24, 2.45) is 5.73 Å². The van der Waals surface area contributed by atoms with E-state index in [4.69, 9.17) is 21.6 Å². The van der Waals surface area contributed by atoms with Crippen LogP contribution in [0.4, 0.5) is 11.5 Å². The van der Waals surface area contributed by atoms with E-state index < -0.39 is 0 Å². The van der Waals surface area contributed by atoms with Crippen LogP contribution < -0.4 is 17.2 Å². The number of nitrogens with two attached hydrogens (primary N) is 3. The maximum atomic E-state index is 5.95. The Morgan fingerprint density at radius 2 is 2.33 bits per heavy atom. The maximum absolute atomic E-state index is 5.95. The van der Waals surface area contributed by atoms with E-state index >= 15 is 0 Å². The van der Waals surface area contributed by atoms with E-state index in [0.717, 1.165) is 30.9 Å². The van der Waals surface area contributed by atoms with Crippen molar-refractivity contribution >= 4 is 37.7 Å². The SMILES string of the molecule is CCC(N)[Si]1CCO[Si][Si]1.Nc1cnnnc1N. The molecule has 18 heavy (non-hydrogen) atoms. The molecular weight excluding hydrogens is 280 g/mol. The first kappa shape index (κ1) is 15.2. The fraction of sp³-hybridized carbons (Fsp3) is 0.625. The van der Waals surface area contributed by atoms with Crippen molar-refractivity contribution in [3.63, 3.8) is 0 Å². The average Bonchev–Trinajstić information content (AvgIpc) is 2.43. The van der Waals surface area contributed by atoms with E-state index in [9.17, 15) is 0 Å². The summed E-state index contributed by atoms with van der Waals surface area (Å²) in [6.07, 6.45) is 2.51. The highest BCUT2D eigenvalue weighted by Crippen LogP contribution is 2.03. The molecule has 10 heteroatoms. The molecule has 0 aromatic carbocycles. The minimum absolute atomic E-state index is 0.184. The van der Waals surface area contributed by atoms with Crippen LogP contribution in [-0.2, 0) is 4.43 Å². The monoisotopic (exact) mass is 297 g/mol. The van der Waals surface area contributed by atoms with E-state index in [2.05, 4.69) is 22.3 Å². The molecule has 1 aromatic heterocycles. The summed E-state index contributed by atoms with van der Waals surface area (Å²) in [5, 5.41) is 9.99. The number of hydrogen-bond acceptors (Lipinski definition) is 7. The third-order valence-corrected chi connectivity index (χ3v) is 12.5. The summed E-state index contributed by atoms with van der Waals surface area (Å²) >= 11 is 0. The van der Waals surface area contributed by atoms with E-state index in [1.807, 2.05) is 0 Å². The van der Waals surface area contributed by atoms with Gasteiger partial charge < -0.3 is 21.6 Å². The van der Waals surface area contributed by atoms with E-state index in [1.54, 1.807) is 0 Å². The number of nitrogens with zero attached hydrogens (tertiary/aromatic N) is 3. The van der Waals surface area contributed by atoms with Gasteiger partial charge in [0.2, 0.25) is 9.28 Å². The van der Waals surface area contributed by atoms with Crippen LogP contribution in [0.3, 0.4) is 0 Å². The average molecular weight is 298 g/mol. The standard InChI is InChI=1S/C5H12NOSi3.C3H5N5/c1-2-5(6)10-4-3-7-8-9-10;4-2-1-6-8-7-3(2)5/h5H,2-4,6H2,1H3;1H,(H2,4,8)(H2,5,6,7). The second-order valence-corrected chi connectivity index (χ2v) is 12.2. The smallest absolute Gasteiger partial charge is 0.202 e. The third kappa shape index (κ3) is 5.22. The Kier molecular flexibility index (Phi) is 7.04. The predicted molar refractivity (Wildman–Crippen MR) is 74.9 cm³/mol. The Morgan fingerprint density at radius 1 is 1.56 bits per heavy atom. The van der Waals surface area contributed by atoms with Crippen LogP contribution in [0.5, 0.6) is 0 Å². The summed E-state index contributed by atoms with van der Waals surface area (Å²) in [6.45, 7) is 3.17. The lowest BCUT2D eigenvalue weighted by Crippen LogP contribution is -2.48. The lowest BCUT2D eigenvalue weighted by Gasteiger charge is -2.23. The molecule has 7 nitrogen and oxygen atoms in total. The molecule has 1 aliphatic heterocycles. The van der Waals surface area contributed by atoms with E-state index in [1.165, 1.54) is 12.2 Å². The third-order valence-electron chi connectivity index (χ3n) is 2.34. The van der Waals surface area contributed by atoms with Crippen molar-refractivity contribution in [1.29, 1.82) is 0 Å². The zero-order valence-electron chi connectivity index (χ0n) is 10.3. The van der Waals surface area contributed by atoms with Gasteiger partial charge >= 0.3 is 0 Å². The van der Waals surface area contributed by atoms with Crippen LogP contribution >= 0.6 is 0 Å². The highest BCUT2D eigenvalue weighted by Gasteiger charge is 2.22. The van der Waals surface area contributed by atoms with Crippen molar-refractivity contribution in [1.82, 2.24) is 15.4 Å². The summed E-state index contributed by atoms with van der Waals surface area (Å²) in [5.41, 5.74) is 17.2. The van der Waals surface area contributed by atoms with Gasteiger partial charge in [0.05, 0.1) is 28.8 Å². The molecule has 6 N–H and O–H groups in total. The number of hydrogen-bond donors (Lipinski definition) is 3. The molecule has 0 spiro atoms. The Bertz CT molecular complexity index is 330. The summed E-state index contributed by atoms with van der Waals surface area (Å²) in [4.78, 5) is 0. The van der Waals surface area contributed by atoms with Crippen LogP contribution in [0.1, 0.15) is 13.3 Å². The van der Waals surface area contributed by atoms with Crippen molar-refractivity contribution < 1.29 is 4.43 Å². The van der Waals surface area contributed by atoms with Crippen molar-refractivity contribution in [2.75, 3.05) is 18.1 Å². The fourth-order valence-corrected chi connectivity index (χ4v) is 10.7. The molecular formula is C8H17N6OSi3. The fourth-order valence-electron chi connectivity index (χ4n) is 1.19. The molecule has 97 valence electrons. The molecule has 2 heterocycles. The predicted octanol–water partition coefficient (Wildman–Crippen LogP) is -1.44. The minimum atomic E-state index is -0.184. The Hall–Kier alpha value is -0.819. The van der Waals surface area contributed by atoms with Crippen LogP contribution in [0.15, 0.2) is 6.20 Å². The molecule has 1 saturated heterocycles. The first-order chi connectivity index (χ1) is 8.65. The topological polar surface area (TPSA) is 126 Å². The Morgan fingerprint density at radius 3 is 2.78 bits per heavy atom. The van der Waals surface area contributed by atoms with E-state index in [-0.39, 0.29) is 14.1 Å². The highest BCUT2D eigenvalue weighted by atomic mass is 29.5. The number of rotatable bonds is 2. The summed E-state index contributed by atoms with van der Waals surface area (Å²) in [7, 11) is 1.65. The molecule has 0 amide bonds. The molecule has 1 aromatic rings. The lowest BCUT2D eigenvalue weighted by atomic mass is 10.5. The highest BCUT2D eigenvalue weighted by molar-refractivity contribution is 7.35. The lowest BCUT2D eigenvalue weighted by molar-refractivity contribution is 0.366. The quantitative estimate of drug-likeness (QED) is 0.571. The first-order valence-corrected chi connectivity index (χ1v) is 11.3. The maximum Gasteiger partial charge on any atom is 0.202 e. The van der Waals surface area contributed by atoms with Gasteiger partial charge in [-0.3, -0.25) is 0 Å². The molecule has 1 atom stereocenters. The second-order valence-electron chi connectivity index (χ2n) is 3.64. The van der Waals surface area contributed by atoms with Gasteiger partial charge in [-0.15, -0.1) is 10.2 Å². The first-order valence-electron chi connectivity index (χ1n) is 5.58. The zero-order valence-corrected chi connectivity index (χ0v) is 13.3. The molecule has 1 aliphatic rings. The normalized spacial score (nSPS) is 17.7. The Balaban J connectivity index is 0.000000184. The number of anilines is 2. The van der Waals surface area contributed by atoms with Gasteiger partial charge in [0.25, 0.3) is 0 Å². The molecule has 1 fully saturated rings. The van der Waals surface area contributed by atoms with Crippen LogP contribution in [0.25, 0.3) is 0 Å². The van der Waals surface area contributed by atoms with Gasteiger partial charge in [-0.25, -0.2) is 0 Å². The number of nitrogen functional groups attached to an aromatic ring is 2. The van der Waals surface area contributed by atoms with Gasteiger partial charge in [0, 0.05) is 6.61 Å². The van der Waals surface area contributed by atoms with Gasteiger partial charge in [-0.2, -0.15) is 0 Å².